The second-order valence-corrected chi connectivity index (χ2v) is 5.71. The molecule has 2 aromatic carbocycles. The Morgan fingerprint density at radius 1 is 1.08 bits per heavy atom. The number of hydrogen-bond donors (Lipinski definition) is 2. The Morgan fingerprint density at radius 2 is 1.75 bits per heavy atom. The Balaban J connectivity index is 1.45. The smallest absolute Gasteiger partial charge is 0.407 e. The van der Waals surface area contributed by atoms with Gasteiger partial charge in [0.2, 0.25) is 0 Å². The van der Waals surface area contributed by atoms with Crippen molar-refractivity contribution in [3.63, 3.8) is 0 Å². The summed E-state index contributed by atoms with van der Waals surface area (Å²) in [5, 5.41) is 2.70. The van der Waals surface area contributed by atoms with Crippen molar-refractivity contribution in [2.24, 2.45) is 0 Å². The number of aromatic amines is 1. The van der Waals surface area contributed by atoms with Crippen molar-refractivity contribution in [1.29, 1.82) is 0 Å². The number of carbonyl (C=O) groups is 1. The fraction of sp³-hybridized carbons (Fsp3) is 0.158. The molecule has 0 aliphatic heterocycles. The average molecular weight is 319 g/mol. The molecule has 1 heterocycles. The molecule has 0 atom stereocenters. The minimum absolute atomic E-state index is 0.0757. The predicted octanol–water partition coefficient (Wildman–Crippen LogP) is 3.45. The van der Waals surface area contributed by atoms with Crippen molar-refractivity contribution >= 4 is 6.09 Å². The van der Waals surface area contributed by atoms with Gasteiger partial charge in [0.1, 0.15) is 12.4 Å². The van der Waals surface area contributed by atoms with Crippen molar-refractivity contribution in [1.82, 2.24) is 15.3 Å². The monoisotopic (exact) mass is 319 g/mol. The van der Waals surface area contributed by atoms with Crippen LogP contribution in [-0.4, -0.2) is 22.7 Å². The molecule has 4 rings (SSSR count). The Kier molecular flexibility index (Phi) is 3.75. The Labute approximate surface area is 139 Å². The van der Waals surface area contributed by atoms with Gasteiger partial charge in [-0.2, -0.15) is 0 Å². The first kappa shape index (κ1) is 14.5. The molecule has 0 spiro atoms. The lowest BCUT2D eigenvalue weighted by Crippen LogP contribution is -2.26. The number of H-pyrrole nitrogens is 1. The van der Waals surface area contributed by atoms with E-state index in [1.165, 1.54) is 22.3 Å². The molecule has 0 bridgehead atoms. The molecule has 0 radical (unpaired) electrons. The second kappa shape index (κ2) is 6.20. The number of hydrogen-bond acceptors (Lipinski definition) is 3. The van der Waals surface area contributed by atoms with Crippen molar-refractivity contribution < 1.29 is 9.53 Å². The maximum Gasteiger partial charge on any atom is 0.407 e. The van der Waals surface area contributed by atoms with Crippen LogP contribution in [-0.2, 0) is 11.3 Å². The van der Waals surface area contributed by atoms with E-state index >= 15 is 0 Å². The van der Waals surface area contributed by atoms with Gasteiger partial charge in [0.05, 0.1) is 6.54 Å². The summed E-state index contributed by atoms with van der Waals surface area (Å²) in [7, 11) is 0. The zero-order valence-corrected chi connectivity index (χ0v) is 13.0. The van der Waals surface area contributed by atoms with Gasteiger partial charge in [-0.1, -0.05) is 48.5 Å². The second-order valence-electron chi connectivity index (χ2n) is 5.71. The first-order chi connectivity index (χ1) is 11.8. The maximum absolute atomic E-state index is 11.9. The maximum atomic E-state index is 11.9. The highest BCUT2D eigenvalue weighted by Gasteiger charge is 2.28. The van der Waals surface area contributed by atoms with Crippen molar-refractivity contribution in [2.45, 2.75) is 12.5 Å². The summed E-state index contributed by atoms with van der Waals surface area (Å²) in [5.74, 6) is 0.773. The van der Waals surface area contributed by atoms with E-state index in [1.807, 2.05) is 24.3 Å². The van der Waals surface area contributed by atoms with Crippen LogP contribution in [0.4, 0.5) is 4.79 Å². The van der Waals surface area contributed by atoms with Crippen LogP contribution >= 0.6 is 0 Å². The average Bonchev–Trinajstić information content (AvgIpc) is 3.25. The van der Waals surface area contributed by atoms with Crippen LogP contribution < -0.4 is 5.32 Å². The highest BCUT2D eigenvalue weighted by molar-refractivity contribution is 5.79. The van der Waals surface area contributed by atoms with E-state index in [0.29, 0.717) is 19.0 Å². The van der Waals surface area contributed by atoms with E-state index in [2.05, 4.69) is 39.6 Å². The zero-order valence-electron chi connectivity index (χ0n) is 13.0. The number of nitrogens with one attached hydrogen (secondary N) is 2. The Hall–Kier alpha value is -3.08. The largest absolute Gasteiger partial charge is 0.449 e. The lowest BCUT2D eigenvalue weighted by atomic mass is 9.98. The number of amides is 1. The number of benzene rings is 2. The number of carbonyl (C=O) groups excluding carboxylic acids is 1. The molecule has 0 saturated carbocycles. The van der Waals surface area contributed by atoms with Crippen molar-refractivity contribution in [2.75, 3.05) is 6.61 Å². The van der Waals surface area contributed by atoms with Crippen molar-refractivity contribution in [3.8, 4) is 11.1 Å². The van der Waals surface area contributed by atoms with Crippen LogP contribution in [0.2, 0.25) is 0 Å². The van der Waals surface area contributed by atoms with E-state index in [1.54, 1.807) is 12.4 Å². The first-order valence-corrected chi connectivity index (χ1v) is 7.90. The van der Waals surface area contributed by atoms with E-state index in [0.717, 1.165) is 0 Å². The van der Waals surface area contributed by atoms with E-state index in [4.69, 9.17) is 4.74 Å². The summed E-state index contributed by atoms with van der Waals surface area (Å²) in [6.45, 7) is 0.641. The van der Waals surface area contributed by atoms with E-state index < -0.39 is 6.09 Å². The fourth-order valence-corrected chi connectivity index (χ4v) is 3.20. The normalized spacial score (nSPS) is 12.5. The number of imidazole rings is 1. The molecule has 120 valence electrons. The Bertz CT molecular complexity index is 813. The quantitative estimate of drug-likeness (QED) is 0.774. The highest BCUT2D eigenvalue weighted by Crippen LogP contribution is 2.44. The molecule has 2 N–H and O–H groups in total. The molecule has 24 heavy (non-hydrogen) atoms. The topological polar surface area (TPSA) is 67.0 Å². The van der Waals surface area contributed by atoms with Crippen molar-refractivity contribution in [3.05, 3.63) is 77.9 Å². The van der Waals surface area contributed by atoms with Gasteiger partial charge in [0, 0.05) is 18.3 Å². The summed E-state index contributed by atoms with van der Waals surface area (Å²) < 4.78 is 5.45. The summed E-state index contributed by atoms with van der Waals surface area (Å²) in [6, 6.07) is 16.6. The molecule has 0 unspecified atom stereocenters. The van der Waals surface area contributed by atoms with Gasteiger partial charge in [0.15, 0.2) is 0 Å². The number of nitrogens with zero attached hydrogens (tertiary/aromatic N) is 1. The predicted molar refractivity (Wildman–Crippen MR) is 90.5 cm³/mol. The molecule has 1 aromatic heterocycles. The lowest BCUT2D eigenvalue weighted by molar-refractivity contribution is 0.142. The molecule has 5 nitrogen and oxygen atoms in total. The first-order valence-electron chi connectivity index (χ1n) is 7.90. The van der Waals surface area contributed by atoms with Crippen LogP contribution in [0, 0.1) is 0 Å². The van der Waals surface area contributed by atoms with E-state index in [9.17, 15) is 4.79 Å². The van der Waals surface area contributed by atoms with E-state index in [-0.39, 0.29) is 5.92 Å². The number of aromatic nitrogens is 2. The third-order valence-corrected chi connectivity index (χ3v) is 4.30. The molecule has 1 aliphatic rings. The standard InChI is InChI=1S/C19H17N3O2/c23-19(22-11-18-20-9-10-21-18)24-12-17-15-7-3-1-5-13(15)14-6-2-4-8-16(14)17/h1-10,17H,11-12H2,(H,20,21)(H,22,23). The summed E-state index contributed by atoms with van der Waals surface area (Å²) in [6.07, 6.45) is 2.93. The summed E-state index contributed by atoms with van der Waals surface area (Å²) in [5.41, 5.74) is 4.85. The van der Waals surface area contributed by atoms with Gasteiger partial charge in [-0.05, 0) is 22.3 Å². The highest BCUT2D eigenvalue weighted by atomic mass is 16.5. The minimum atomic E-state index is -0.437. The van der Waals surface area contributed by atoms with Crippen LogP contribution in [0.25, 0.3) is 11.1 Å². The van der Waals surface area contributed by atoms with Crippen LogP contribution in [0.15, 0.2) is 60.9 Å². The third kappa shape index (κ3) is 2.65. The molecule has 0 fully saturated rings. The number of rotatable bonds is 4. The Morgan fingerprint density at radius 3 is 2.38 bits per heavy atom. The molecular weight excluding hydrogens is 302 g/mol. The fourth-order valence-electron chi connectivity index (χ4n) is 3.20. The minimum Gasteiger partial charge on any atom is -0.449 e. The SMILES string of the molecule is O=C(NCc1ncc[nH]1)OCC1c2ccccc2-c2ccccc21. The molecule has 5 heteroatoms. The van der Waals surface area contributed by atoms with Gasteiger partial charge in [-0.15, -0.1) is 0 Å². The number of ether oxygens (including phenoxy) is 1. The summed E-state index contributed by atoms with van der Waals surface area (Å²) >= 11 is 0. The number of alkyl carbamates (subject to hydrolysis) is 1. The molecular formula is C19H17N3O2. The van der Waals surface area contributed by atoms with Crippen LogP contribution in [0.1, 0.15) is 22.9 Å². The van der Waals surface area contributed by atoms with Crippen LogP contribution in [0.5, 0.6) is 0 Å². The van der Waals surface area contributed by atoms with Gasteiger partial charge in [-0.25, -0.2) is 9.78 Å². The third-order valence-electron chi connectivity index (χ3n) is 4.30. The summed E-state index contributed by atoms with van der Waals surface area (Å²) in [4.78, 5) is 18.9. The zero-order chi connectivity index (χ0) is 16.4. The van der Waals surface area contributed by atoms with Gasteiger partial charge in [0.25, 0.3) is 0 Å². The van der Waals surface area contributed by atoms with Gasteiger partial charge < -0.3 is 15.0 Å². The van der Waals surface area contributed by atoms with Crippen LogP contribution in [0.3, 0.4) is 0 Å². The number of fused-ring (bicyclic) bond motifs is 3. The van der Waals surface area contributed by atoms with Gasteiger partial charge >= 0.3 is 6.09 Å². The lowest BCUT2D eigenvalue weighted by Gasteiger charge is -2.14. The molecule has 0 saturated heterocycles. The molecule has 3 aromatic rings. The molecule has 1 aliphatic carbocycles. The molecule has 1 amide bonds. The van der Waals surface area contributed by atoms with Gasteiger partial charge in [-0.3, -0.25) is 0 Å².